The van der Waals surface area contributed by atoms with Gasteiger partial charge in [-0.15, -0.1) is 0 Å². The van der Waals surface area contributed by atoms with Gasteiger partial charge in [-0.3, -0.25) is 14.9 Å². The SMILES string of the molecule is NC(=O)c1ccc(-n2cn[nH]c2=O)cc1[C@H](Cc1ccccc1)C(=O)N1CCC[C@@]2(C1)OC(=O)Nc1ccc(Cl)c(F)c12. The van der Waals surface area contributed by atoms with Gasteiger partial charge in [-0.05, 0) is 60.7 Å². The maximum Gasteiger partial charge on any atom is 0.412 e. The van der Waals surface area contributed by atoms with E-state index < -0.39 is 35.0 Å². The Labute approximate surface area is 249 Å². The quantitative estimate of drug-likeness (QED) is 0.304. The Balaban J connectivity index is 1.45. The fourth-order valence-electron chi connectivity index (χ4n) is 6.01. The number of nitrogens with zero attached hydrogens (tertiary/aromatic N) is 3. The number of nitrogens with two attached hydrogens (primary N) is 1. The first-order chi connectivity index (χ1) is 20.7. The zero-order chi connectivity index (χ0) is 30.3. The van der Waals surface area contributed by atoms with E-state index in [0.29, 0.717) is 24.2 Å². The maximum absolute atomic E-state index is 15.5. The molecule has 2 aliphatic rings. The highest BCUT2D eigenvalue weighted by Gasteiger charge is 2.49. The van der Waals surface area contributed by atoms with Crippen LogP contribution in [0.2, 0.25) is 5.02 Å². The van der Waals surface area contributed by atoms with Gasteiger partial charge in [0.1, 0.15) is 6.33 Å². The molecule has 0 unspecified atom stereocenters. The van der Waals surface area contributed by atoms with Crippen LogP contribution in [0.4, 0.5) is 14.9 Å². The summed E-state index contributed by atoms with van der Waals surface area (Å²) in [5.74, 6) is -2.81. The lowest BCUT2D eigenvalue weighted by molar-refractivity contribution is -0.140. The number of halogens is 2. The molecule has 1 fully saturated rings. The van der Waals surface area contributed by atoms with E-state index >= 15 is 4.39 Å². The lowest BCUT2D eigenvalue weighted by Crippen LogP contribution is -2.54. The zero-order valence-corrected chi connectivity index (χ0v) is 23.4. The number of aromatic amines is 1. The van der Waals surface area contributed by atoms with Crippen LogP contribution >= 0.6 is 11.6 Å². The third kappa shape index (κ3) is 5.14. The van der Waals surface area contributed by atoms with E-state index in [-0.39, 0.29) is 47.1 Å². The molecule has 2 aliphatic heterocycles. The van der Waals surface area contributed by atoms with Crippen molar-refractivity contribution in [1.82, 2.24) is 19.7 Å². The Kier molecular flexibility index (Phi) is 7.22. The van der Waals surface area contributed by atoms with Crippen LogP contribution in [0, 0.1) is 5.82 Å². The first-order valence-electron chi connectivity index (χ1n) is 13.5. The Morgan fingerprint density at radius 3 is 2.65 bits per heavy atom. The second-order valence-electron chi connectivity index (χ2n) is 10.6. The van der Waals surface area contributed by atoms with Crippen LogP contribution in [-0.2, 0) is 21.6 Å². The molecular weight excluding hydrogens is 579 g/mol. The molecule has 3 heterocycles. The van der Waals surface area contributed by atoms with Gasteiger partial charge < -0.3 is 15.4 Å². The Bertz CT molecular complexity index is 1810. The number of aromatic nitrogens is 3. The number of ether oxygens (including phenoxy) is 1. The van der Waals surface area contributed by atoms with Crippen LogP contribution in [0.15, 0.2) is 71.8 Å². The van der Waals surface area contributed by atoms with E-state index in [4.69, 9.17) is 22.1 Å². The Morgan fingerprint density at radius 2 is 1.93 bits per heavy atom. The molecule has 1 spiro atoms. The van der Waals surface area contributed by atoms with Gasteiger partial charge in [0.25, 0.3) is 0 Å². The molecule has 1 saturated heterocycles. The van der Waals surface area contributed by atoms with Crippen molar-refractivity contribution in [2.75, 3.05) is 18.4 Å². The highest BCUT2D eigenvalue weighted by atomic mass is 35.5. The molecule has 0 saturated carbocycles. The van der Waals surface area contributed by atoms with Crippen molar-refractivity contribution in [3.8, 4) is 5.69 Å². The summed E-state index contributed by atoms with van der Waals surface area (Å²) in [5, 5.41) is 8.47. The van der Waals surface area contributed by atoms with E-state index in [2.05, 4.69) is 15.5 Å². The van der Waals surface area contributed by atoms with Gasteiger partial charge >= 0.3 is 11.8 Å². The van der Waals surface area contributed by atoms with Crippen molar-refractivity contribution in [3.05, 3.63) is 111 Å². The summed E-state index contributed by atoms with van der Waals surface area (Å²) in [5.41, 5.74) is 5.69. The fourth-order valence-corrected chi connectivity index (χ4v) is 6.16. The van der Waals surface area contributed by atoms with E-state index in [1.54, 1.807) is 12.1 Å². The van der Waals surface area contributed by atoms with Crippen LogP contribution in [0.25, 0.3) is 5.69 Å². The number of benzene rings is 3. The number of hydrogen-bond acceptors (Lipinski definition) is 6. The molecule has 13 heteroatoms. The lowest BCUT2D eigenvalue weighted by Gasteiger charge is -2.45. The van der Waals surface area contributed by atoms with E-state index in [1.807, 2.05) is 30.3 Å². The van der Waals surface area contributed by atoms with Crippen LogP contribution in [0.1, 0.15) is 45.8 Å². The first-order valence-corrected chi connectivity index (χ1v) is 13.9. The molecule has 6 rings (SSSR count). The second-order valence-corrected chi connectivity index (χ2v) is 11.0. The van der Waals surface area contributed by atoms with Crippen LogP contribution in [-0.4, -0.2) is 50.7 Å². The van der Waals surface area contributed by atoms with Gasteiger partial charge in [-0.25, -0.2) is 23.6 Å². The molecule has 0 aliphatic carbocycles. The molecule has 0 bridgehead atoms. The summed E-state index contributed by atoms with van der Waals surface area (Å²) >= 11 is 6.12. The second kappa shape index (κ2) is 11.0. The van der Waals surface area contributed by atoms with Crippen molar-refractivity contribution in [1.29, 1.82) is 0 Å². The summed E-state index contributed by atoms with van der Waals surface area (Å²) in [6, 6.07) is 16.7. The molecule has 4 N–H and O–H groups in total. The number of likely N-dealkylation sites (tertiary alicyclic amines) is 1. The summed E-state index contributed by atoms with van der Waals surface area (Å²) in [4.78, 5) is 53.6. The number of H-pyrrole nitrogens is 1. The normalized spacial score (nSPS) is 18.5. The fraction of sp³-hybridized carbons (Fsp3) is 0.233. The largest absolute Gasteiger partial charge is 0.436 e. The highest BCUT2D eigenvalue weighted by Crippen LogP contribution is 2.45. The predicted molar refractivity (Wildman–Crippen MR) is 155 cm³/mol. The van der Waals surface area contributed by atoms with Gasteiger partial charge in [0, 0.05) is 12.1 Å². The number of primary amides is 1. The average Bonchev–Trinajstić information content (AvgIpc) is 3.43. The third-order valence-electron chi connectivity index (χ3n) is 7.93. The van der Waals surface area contributed by atoms with Crippen molar-refractivity contribution in [3.63, 3.8) is 0 Å². The van der Waals surface area contributed by atoms with Crippen molar-refractivity contribution in [2.45, 2.75) is 30.8 Å². The standard InChI is InChI=1S/C30H26ClFN6O5/c31-22-9-10-23-24(25(22)32)30(43-29(42)35-23)11-4-12-37(15-30)27(40)21(13-17-5-2-1-3-6-17)20-14-18(7-8-19(20)26(33)39)38-16-34-36-28(38)41/h1-3,5-10,14,16,21H,4,11-13,15H2,(H2,33,39)(H,35,42)(H,36,41)/t21-,30-/m0/s1. The van der Waals surface area contributed by atoms with Gasteiger partial charge in [-0.1, -0.05) is 41.9 Å². The Morgan fingerprint density at radius 1 is 1.14 bits per heavy atom. The molecule has 4 aromatic rings. The predicted octanol–water partition coefficient (Wildman–Crippen LogP) is 3.86. The zero-order valence-electron chi connectivity index (χ0n) is 22.7. The maximum atomic E-state index is 15.5. The number of piperidine rings is 1. The Hall–Kier alpha value is -4.97. The lowest BCUT2D eigenvalue weighted by atomic mass is 9.81. The number of hydrogen-bond donors (Lipinski definition) is 3. The molecule has 1 aromatic heterocycles. The molecule has 220 valence electrons. The van der Waals surface area contributed by atoms with E-state index in [9.17, 15) is 19.2 Å². The minimum Gasteiger partial charge on any atom is -0.436 e. The summed E-state index contributed by atoms with van der Waals surface area (Å²) in [6.07, 6.45) is 1.37. The molecule has 3 amide bonds. The van der Waals surface area contributed by atoms with E-state index in [0.717, 1.165) is 5.56 Å². The monoisotopic (exact) mass is 604 g/mol. The van der Waals surface area contributed by atoms with Crippen LogP contribution < -0.4 is 16.7 Å². The van der Waals surface area contributed by atoms with Gasteiger partial charge in [0.15, 0.2) is 11.4 Å². The minimum atomic E-state index is -1.48. The number of fused-ring (bicyclic) bond motifs is 2. The third-order valence-corrected chi connectivity index (χ3v) is 8.22. The minimum absolute atomic E-state index is 0.0795. The molecule has 3 aromatic carbocycles. The van der Waals surface area contributed by atoms with E-state index in [1.165, 1.54) is 34.0 Å². The molecule has 11 nitrogen and oxygen atoms in total. The smallest absolute Gasteiger partial charge is 0.412 e. The average molecular weight is 605 g/mol. The topological polar surface area (TPSA) is 152 Å². The number of anilines is 1. The summed E-state index contributed by atoms with van der Waals surface area (Å²) in [7, 11) is 0. The van der Waals surface area contributed by atoms with Gasteiger partial charge in [-0.2, -0.15) is 5.10 Å². The number of carbonyl (C=O) groups is 3. The number of carbonyl (C=O) groups excluding carboxylic acids is 3. The number of nitrogens with one attached hydrogen (secondary N) is 2. The first kappa shape index (κ1) is 28.2. The van der Waals surface area contributed by atoms with Crippen molar-refractivity contribution < 1.29 is 23.5 Å². The highest BCUT2D eigenvalue weighted by molar-refractivity contribution is 6.31. The summed E-state index contributed by atoms with van der Waals surface area (Å²) < 4.78 is 22.5. The van der Waals surface area contributed by atoms with Crippen molar-refractivity contribution >= 4 is 35.2 Å². The molecule has 43 heavy (non-hydrogen) atoms. The van der Waals surface area contributed by atoms with Crippen LogP contribution in [0.5, 0.6) is 0 Å². The van der Waals surface area contributed by atoms with Gasteiger partial charge in [0.2, 0.25) is 11.8 Å². The van der Waals surface area contributed by atoms with Crippen molar-refractivity contribution in [2.24, 2.45) is 5.73 Å². The van der Waals surface area contributed by atoms with Gasteiger partial charge in [0.05, 0.1) is 34.4 Å². The molecular formula is C30H26ClFN6O5. The molecule has 2 atom stereocenters. The molecule has 0 radical (unpaired) electrons. The number of rotatable bonds is 6. The summed E-state index contributed by atoms with van der Waals surface area (Å²) in [6.45, 7) is 0.155. The van der Waals surface area contributed by atoms with Crippen LogP contribution in [0.3, 0.4) is 0 Å². The number of amides is 3.